The number of amidine groups is 1. The van der Waals surface area contributed by atoms with Crippen molar-refractivity contribution in [2.75, 3.05) is 18.1 Å². The number of hydrogen-bond donors (Lipinski definition) is 0. The quantitative estimate of drug-likeness (QED) is 0.697. The molecule has 0 aromatic heterocycles. The Kier molecular flexibility index (Phi) is 5.85. The van der Waals surface area contributed by atoms with E-state index in [2.05, 4.69) is 4.99 Å². The molecule has 0 radical (unpaired) electrons. The van der Waals surface area contributed by atoms with E-state index in [1.165, 1.54) is 11.8 Å². The summed E-state index contributed by atoms with van der Waals surface area (Å²) in [7, 11) is -3.10. The zero-order valence-electron chi connectivity index (χ0n) is 15.4. The summed E-state index contributed by atoms with van der Waals surface area (Å²) in [5.74, 6) is 0.331. The molecule has 6 nitrogen and oxygen atoms in total. The fraction of sp³-hybridized carbons (Fsp3) is 0.300. The topological polar surface area (TPSA) is 76.0 Å². The van der Waals surface area contributed by atoms with Crippen LogP contribution < -0.4 is 4.74 Å². The van der Waals surface area contributed by atoms with E-state index in [4.69, 9.17) is 16.3 Å². The maximum atomic E-state index is 12.4. The van der Waals surface area contributed by atoms with Crippen LogP contribution in [-0.2, 0) is 21.2 Å². The molecule has 0 bridgehead atoms. The third-order valence-corrected chi connectivity index (χ3v) is 8.42. The predicted octanol–water partition coefficient (Wildman–Crippen LogP) is 3.02. The van der Waals surface area contributed by atoms with Crippen molar-refractivity contribution in [1.29, 1.82) is 0 Å². The molecule has 0 saturated carbocycles. The Hall–Kier alpha value is -2.03. The number of nitrogens with zero attached hydrogens (tertiary/aromatic N) is 2. The largest absolute Gasteiger partial charge is 0.484 e. The highest BCUT2D eigenvalue weighted by Crippen LogP contribution is 2.39. The van der Waals surface area contributed by atoms with Gasteiger partial charge >= 0.3 is 0 Å². The molecule has 29 heavy (non-hydrogen) atoms. The van der Waals surface area contributed by atoms with Gasteiger partial charge in [0.15, 0.2) is 21.6 Å². The van der Waals surface area contributed by atoms with Crippen LogP contribution in [0.5, 0.6) is 5.75 Å². The van der Waals surface area contributed by atoms with E-state index in [0.717, 1.165) is 5.56 Å². The number of aliphatic imine (C=N–C) groups is 1. The summed E-state index contributed by atoms with van der Waals surface area (Å²) in [6.45, 7) is 0.219. The van der Waals surface area contributed by atoms with Gasteiger partial charge in [-0.1, -0.05) is 59.8 Å². The molecular formula is C20H19ClN2O4S2. The Balaban J connectivity index is 1.53. The minimum absolute atomic E-state index is 0.0584. The minimum Gasteiger partial charge on any atom is -0.484 e. The van der Waals surface area contributed by atoms with E-state index >= 15 is 0 Å². The maximum absolute atomic E-state index is 12.4. The van der Waals surface area contributed by atoms with E-state index in [1.807, 2.05) is 41.3 Å². The molecule has 2 saturated heterocycles. The number of fused-ring (bicyclic) bond motifs is 1. The summed E-state index contributed by atoms with van der Waals surface area (Å²) < 4.78 is 29.7. The third-order valence-electron chi connectivity index (χ3n) is 4.80. The Morgan fingerprint density at radius 3 is 2.62 bits per heavy atom. The molecule has 152 valence electrons. The van der Waals surface area contributed by atoms with Crippen molar-refractivity contribution in [3.8, 4) is 5.75 Å². The molecule has 2 unspecified atom stereocenters. The molecule has 0 N–H and O–H groups in total. The number of thioether (sulfide) groups is 1. The zero-order valence-corrected chi connectivity index (χ0v) is 17.8. The number of amides is 1. The molecule has 2 fully saturated rings. The molecule has 2 heterocycles. The first kappa shape index (κ1) is 20.3. The molecule has 2 aliphatic heterocycles. The summed E-state index contributed by atoms with van der Waals surface area (Å²) in [6.07, 6.45) is 0. The SMILES string of the molecule is O=C(COc1ccccc1)N=C1SC2CS(=O)(=O)CC2N1Cc1ccccc1Cl. The summed E-state index contributed by atoms with van der Waals surface area (Å²) in [6, 6.07) is 16.2. The number of ether oxygens (including phenoxy) is 1. The minimum atomic E-state index is -3.10. The fourth-order valence-corrected chi connectivity index (χ4v) is 7.60. The lowest BCUT2D eigenvalue weighted by atomic mass is 10.1. The third kappa shape index (κ3) is 4.76. The first-order valence-corrected chi connectivity index (χ1v) is 12.2. The Bertz CT molecular complexity index is 1040. The molecule has 2 aromatic rings. The second-order valence-electron chi connectivity index (χ2n) is 6.91. The van der Waals surface area contributed by atoms with Crippen LogP contribution >= 0.6 is 23.4 Å². The van der Waals surface area contributed by atoms with E-state index < -0.39 is 15.7 Å². The standard InChI is InChI=1S/C20H19ClN2O4S2/c21-16-9-5-4-6-14(16)10-23-17-12-29(25,26)13-18(17)28-20(23)22-19(24)11-27-15-7-2-1-3-8-15/h1-9,17-18H,10-13H2. The average molecular weight is 451 g/mol. The number of para-hydroxylation sites is 1. The fourth-order valence-electron chi connectivity index (χ4n) is 3.43. The van der Waals surface area contributed by atoms with Gasteiger partial charge in [0, 0.05) is 16.8 Å². The summed E-state index contributed by atoms with van der Waals surface area (Å²) in [5.41, 5.74) is 0.861. The average Bonchev–Trinajstić information content (AvgIpc) is 3.14. The van der Waals surface area contributed by atoms with E-state index in [0.29, 0.717) is 22.5 Å². The summed E-state index contributed by atoms with van der Waals surface area (Å²) in [5, 5.41) is 0.987. The highest BCUT2D eigenvalue weighted by atomic mass is 35.5. The van der Waals surface area contributed by atoms with Gasteiger partial charge in [-0.15, -0.1) is 0 Å². The molecule has 9 heteroatoms. The van der Waals surface area contributed by atoms with Crippen molar-refractivity contribution in [3.05, 3.63) is 65.2 Å². The van der Waals surface area contributed by atoms with Gasteiger partial charge in [-0.2, -0.15) is 4.99 Å². The van der Waals surface area contributed by atoms with Gasteiger partial charge in [-0.25, -0.2) is 8.42 Å². The molecule has 2 aromatic carbocycles. The van der Waals surface area contributed by atoms with Crippen LogP contribution in [0.15, 0.2) is 59.6 Å². The van der Waals surface area contributed by atoms with Crippen LogP contribution in [0, 0.1) is 0 Å². The summed E-state index contributed by atoms with van der Waals surface area (Å²) >= 11 is 7.64. The maximum Gasteiger partial charge on any atom is 0.285 e. The highest BCUT2D eigenvalue weighted by Gasteiger charge is 2.48. The van der Waals surface area contributed by atoms with E-state index in [1.54, 1.807) is 18.2 Å². The Morgan fingerprint density at radius 1 is 1.14 bits per heavy atom. The lowest BCUT2D eigenvalue weighted by Gasteiger charge is -2.25. The van der Waals surface area contributed by atoms with Gasteiger partial charge in [-0.3, -0.25) is 4.79 Å². The monoisotopic (exact) mass is 450 g/mol. The Morgan fingerprint density at radius 2 is 1.86 bits per heavy atom. The van der Waals surface area contributed by atoms with Crippen molar-refractivity contribution >= 4 is 44.3 Å². The molecule has 1 amide bonds. The van der Waals surface area contributed by atoms with Crippen molar-refractivity contribution < 1.29 is 17.9 Å². The van der Waals surface area contributed by atoms with Gasteiger partial charge in [0.1, 0.15) is 5.75 Å². The molecular weight excluding hydrogens is 432 g/mol. The second kappa shape index (κ2) is 8.38. The summed E-state index contributed by atoms with van der Waals surface area (Å²) in [4.78, 5) is 18.5. The number of carbonyl (C=O) groups excluding carboxylic acids is 1. The van der Waals surface area contributed by atoms with Crippen LogP contribution in [0.25, 0.3) is 0 Å². The van der Waals surface area contributed by atoms with Crippen LogP contribution in [0.1, 0.15) is 5.56 Å². The first-order valence-electron chi connectivity index (χ1n) is 9.08. The molecule has 2 atom stereocenters. The van der Waals surface area contributed by atoms with Gasteiger partial charge in [-0.05, 0) is 23.8 Å². The Labute approximate surface area is 178 Å². The zero-order chi connectivity index (χ0) is 20.4. The van der Waals surface area contributed by atoms with Crippen molar-refractivity contribution in [1.82, 2.24) is 4.90 Å². The van der Waals surface area contributed by atoms with Crippen molar-refractivity contribution in [2.24, 2.45) is 4.99 Å². The van der Waals surface area contributed by atoms with Gasteiger partial charge in [0.25, 0.3) is 5.91 Å². The number of hydrogen-bond acceptors (Lipinski definition) is 5. The molecule has 0 aliphatic carbocycles. The number of benzene rings is 2. The highest BCUT2D eigenvalue weighted by molar-refractivity contribution is 8.15. The van der Waals surface area contributed by atoms with E-state index in [9.17, 15) is 13.2 Å². The lowest BCUT2D eigenvalue weighted by molar-refractivity contribution is -0.119. The van der Waals surface area contributed by atoms with Crippen molar-refractivity contribution in [3.63, 3.8) is 0 Å². The van der Waals surface area contributed by atoms with Crippen molar-refractivity contribution in [2.45, 2.75) is 17.8 Å². The normalized spacial score (nSPS) is 23.9. The number of carbonyl (C=O) groups is 1. The molecule has 0 spiro atoms. The number of rotatable bonds is 5. The van der Waals surface area contributed by atoms with Crippen LogP contribution in [-0.4, -0.2) is 53.8 Å². The molecule has 4 rings (SSSR count). The first-order chi connectivity index (χ1) is 13.9. The van der Waals surface area contributed by atoms with Gasteiger partial charge in [0.05, 0.1) is 17.5 Å². The van der Waals surface area contributed by atoms with Crippen LogP contribution in [0.3, 0.4) is 0 Å². The van der Waals surface area contributed by atoms with Crippen LogP contribution in [0.2, 0.25) is 5.02 Å². The second-order valence-corrected chi connectivity index (χ2v) is 10.7. The molecule has 2 aliphatic rings. The van der Waals surface area contributed by atoms with E-state index in [-0.39, 0.29) is 29.4 Å². The predicted molar refractivity (Wildman–Crippen MR) is 115 cm³/mol. The van der Waals surface area contributed by atoms with Gasteiger partial charge in [0.2, 0.25) is 0 Å². The van der Waals surface area contributed by atoms with Gasteiger partial charge < -0.3 is 9.64 Å². The van der Waals surface area contributed by atoms with Crippen LogP contribution in [0.4, 0.5) is 0 Å². The smallest absolute Gasteiger partial charge is 0.285 e. The number of sulfone groups is 1. The lowest BCUT2D eigenvalue weighted by Crippen LogP contribution is -2.37. The number of halogens is 1.